The van der Waals surface area contributed by atoms with E-state index in [0.29, 0.717) is 6.42 Å². The van der Waals surface area contributed by atoms with Crippen LogP contribution in [0.4, 0.5) is 0 Å². The van der Waals surface area contributed by atoms with Crippen LogP contribution in [0.2, 0.25) is 0 Å². The molecule has 2 heterocycles. The molecule has 33 heavy (non-hydrogen) atoms. The fraction of sp³-hybridized carbons (Fsp3) is 0.625. The molecule has 0 bridgehead atoms. The molecular formula is C24H32O8S. The Hall–Kier alpha value is -2.26. The molecule has 2 fully saturated rings. The van der Waals surface area contributed by atoms with E-state index >= 15 is 0 Å². The fourth-order valence-electron chi connectivity index (χ4n) is 4.52. The van der Waals surface area contributed by atoms with Gasteiger partial charge in [-0.2, -0.15) is 0 Å². The predicted molar refractivity (Wildman–Crippen MR) is 119 cm³/mol. The summed E-state index contributed by atoms with van der Waals surface area (Å²) in [4.78, 5) is 36.0. The number of carbonyl (C=O) groups excluding carboxylic acids is 3. The molecule has 8 nitrogen and oxygen atoms in total. The molecule has 0 aromatic heterocycles. The van der Waals surface area contributed by atoms with Crippen molar-refractivity contribution in [2.24, 2.45) is 17.8 Å². The zero-order valence-corrected chi connectivity index (χ0v) is 20.2. The third kappa shape index (κ3) is 6.20. The lowest BCUT2D eigenvalue weighted by Gasteiger charge is -2.21. The minimum Gasteiger partial charge on any atom is -0.462 e. The topological polar surface area (TPSA) is 113 Å². The number of ether oxygens (including phenoxy) is 3. The Kier molecular flexibility index (Phi) is 7.63. The summed E-state index contributed by atoms with van der Waals surface area (Å²) in [6, 6.07) is 8.19. The van der Waals surface area contributed by atoms with Crippen LogP contribution in [0.3, 0.4) is 0 Å². The molecule has 1 aromatic rings. The summed E-state index contributed by atoms with van der Waals surface area (Å²) in [6.07, 6.45) is -0.156. The van der Waals surface area contributed by atoms with Gasteiger partial charge in [0.1, 0.15) is 18.0 Å². The van der Waals surface area contributed by atoms with Gasteiger partial charge in [-0.3, -0.25) is 9.59 Å². The zero-order valence-electron chi connectivity index (χ0n) is 19.4. The molecule has 182 valence electrons. The first-order chi connectivity index (χ1) is 15.4. The van der Waals surface area contributed by atoms with Gasteiger partial charge in [0, 0.05) is 25.2 Å². The summed E-state index contributed by atoms with van der Waals surface area (Å²) >= 11 is 0. The van der Waals surface area contributed by atoms with Gasteiger partial charge in [0.2, 0.25) is 0 Å². The molecule has 6 atom stereocenters. The van der Waals surface area contributed by atoms with Crippen LogP contribution in [0.25, 0.3) is 0 Å². The van der Waals surface area contributed by atoms with Crippen molar-refractivity contribution in [3.63, 3.8) is 0 Å². The monoisotopic (exact) mass is 480 g/mol. The van der Waals surface area contributed by atoms with E-state index in [0.717, 1.165) is 6.29 Å². The molecule has 0 aliphatic carbocycles. The smallest absolute Gasteiger partial charge is 0.320 e. The van der Waals surface area contributed by atoms with Crippen molar-refractivity contribution in [3.05, 3.63) is 30.3 Å². The van der Waals surface area contributed by atoms with Gasteiger partial charge in [-0.1, -0.05) is 25.1 Å². The quantitative estimate of drug-likeness (QED) is 0.317. The van der Waals surface area contributed by atoms with E-state index in [2.05, 4.69) is 0 Å². The van der Waals surface area contributed by atoms with Gasteiger partial charge in [0.25, 0.3) is 0 Å². The van der Waals surface area contributed by atoms with Crippen molar-refractivity contribution in [2.75, 3.05) is 5.75 Å². The Bertz CT molecular complexity index is 966. The van der Waals surface area contributed by atoms with Crippen LogP contribution in [0, 0.1) is 17.8 Å². The summed E-state index contributed by atoms with van der Waals surface area (Å²) in [5, 5.41) is 0. The fourth-order valence-corrected chi connectivity index (χ4v) is 6.31. The first kappa shape index (κ1) is 25.4. The van der Waals surface area contributed by atoms with E-state index in [-0.39, 0.29) is 35.3 Å². The lowest BCUT2D eigenvalue weighted by Crippen LogP contribution is -2.30. The van der Waals surface area contributed by atoms with E-state index in [1.165, 1.54) is 0 Å². The summed E-state index contributed by atoms with van der Waals surface area (Å²) < 4.78 is 42.7. The Balaban J connectivity index is 1.68. The average molecular weight is 481 g/mol. The number of hydrogen-bond donors (Lipinski definition) is 0. The molecule has 2 saturated heterocycles. The molecule has 0 amide bonds. The van der Waals surface area contributed by atoms with Crippen LogP contribution in [-0.2, 0) is 38.4 Å². The summed E-state index contributed by atoms with van der Waals surface area (Å²) in [6.45, 7) is 7.08. The second kappa shape index (κ2) is 9.93. The highest BCUT2D eigenvalue weighted by atomic mass is 32.2. The Morgan fingerprint density at radius 1 is 1.18 bits per heavy atom. The molecule has 9 heteroatoms. The van der Waals surface area contributed by atoms with Crippen molar-refractivity contribution in [1.82, 2.24) is 0 Å². The molecule has 0 N–H and O–H groups in total. The lowest BCUT2D eigenvalue weighted by atomic mass is 9.86. The van der Waals surface area contributed by atoms with Crippen molar-refractivity contribution in [3.8, 4) is 0 Å². The number of rotatable bonds is 8. The van der Waals surface area contributed by atoms with Gasteiger partial charge in [-0.15, -0.1) is 0 Å². The molecule has 0 saturated carbocycles. The second-order valence-electron chi connectivity index (χ2n) is 9.85. The molecular weight excluding hydrogens is 448 g/mol. The minimum atomic E-state index is -3.57. The van der Waals surface area contributed by atoms with Crippen molar-refractivity contribution >= 4 is 28.1 Å². The summed E-state index contributed by atoms with van der Waals surface area (Å²) in [5.41, 5.74) is -0.710. The van der Waals surface area contributed by atoms with Crippen LogP contribution in [0.5, 0.6) is 0 Å². The maximum atomic E-state index is 12.9. The van der Waals surface area contributed by atoms with E-state index < -0.39 is 51.6 Å². The normalized spacial score (nSPS) is 30.1. The summed E-state index contributed by atoms with van der Waals surface area (Å²) in [5.74, 6) is -2.92. The molecule has 0 radical (unpaired) electrons. The van der Waals surface area contributed by atoms with Gasteiger partial charge in [0.15, 0.2) is 15.8 Å². The van der Waals surface area contributed by atoms with Gasteiger partial charge in [-0.25, -0.2) is 8.42 Å². The highest BCUT2D eigenvalue weighted by Crippen LogP contribution is 2.40. The largest absolute Gasteiger partial charge is 0.462 e. The number of carbonyl (C=O) groups is 3. The van der Waals surface area contributed by atoms with Gasteiger partial charge >= 0.3 is 11.9 Å². The van der Waals surface area contributed by atoms with Crippen LogP contribution >= 0.6 is 0 Å². The van der Waals surface area contributed by atoms with Gasteiger partial charge in [0.05, 0.1) is 22.9 Å². The van der Waals surface area contributed by atoms with Crippen molar-refractivity contribution in [1.29, 1.82) is 0 Å². The molecule has 3 rings (SSSR count). The van der Waals surface area contributed by atoms with E-state index in [4.69, 9.17) is 14.2 Å². The number of cyclic esters (lactones) is 1. The maximum Gasteiger partial charge on any atom is 0.320 e. The van der Waals surface area contributed by atoms with Crippen LogP contribution in [0.15, 0.2) is 35.2 Å². The first-order valence-electron chi connectivity index (χ1n) is 11.2. The van der Waals surface area contributed by atoms with Crippen LogP contribution in [0.1, 0.15) is 47.0 Å². The van der Waals surface area contributed by atoms with Gasteiger partial charge < -0.3 is 19.0 Å². The SMILES string of the molecule is C[C@@H]1[C@@H](CS(=O)(=O)c2ccccc2)[C@H](CC=O)O[C@@H]1C[C@H]1CC(C(=O)OC(C)(C)C)C(=O)O1. The molecule has 0 spiro atoms. The lowest BCUT2D eigenvalue weighted by molar-refractivity contribution is -0.164. The summed E-state index contributed by atoms with van der Waals surface area (Å²) in [7, 11) is -3.57. The number of aldehydes is 1. The predicted octanol–water partition coefficient (Wildman–Crippen LogP) is 2.73. The Labute approximate surface area is 194 Å². The van der Waals surface area contributed by atoms with E-state index in [1.54, 1.807) is 51.1 Å². The average Bonchev–Trinajstić information content (AvgIpc) is 3.22. The van der Waals surface area contributed by atoms with E-state index in [9.17, 15) is 22.8 Å². The van der Waals surface area contributed by atoms with Crippen molar-refractivity contribution < 1.29 is 37.0 Å². The minimum absolute atomic E-state index is 0.0841. The number of esters is 2. The van der Waals surface area contributed by atoms with Crippen LogP contribution < -0.4 is 0 Å². The number of hydrogen-bond acceptors (Lipinski definition) is 8. The van der Waals surface area contributed by atoms with E-state index in [1.807, 2.05) is 6.92 Å². The van der Waals surface area contributed by atoms with Gasteiger partial charge in [-0.05, 0) is 38.8 Å². The Morgan fingerprint density at radius 3 is 2.45 bits per heavy atom. The second-order valence-corrected chi connectivity index (χ2v) is 11.9. The highest BCUT2D eigenvalue weighted by Gasteiger charge is 2.48. The number of sulfone groups is 1. The molecule has 1 unspecified atom stereocenters. The van der Waals surface area contributed by atoms with Crippen molar-refractivity contribution in [2.45, 2.75) is 75.8 Å². The van der Waals surface area contributed by atoms with Crippen LogP contribution in [-0.4, -0.2) is 56.3 Å². The maximum absolute atomic E-state index is 12.9. The standard InChI is InChI=1S/C24H32O8S/c1-15-19(14-33(28,29)17-8-6-5-7-9-17)20(10-11-25)31-21(15)13-16-12-18(22(26)30-16)23(27)32-24(2,3)4/h5-9,11,15-16,18-21H,10,12-14H2,1-4H3/t15-,16-,18?,19-,20+,21-/m1/s1. The molecule has 2 aliphatic heterocycles. The Morgan fingerprint density at radius 2 is 1.85 bits per heavy atom. The number of benzene rings is 1. The molecule has 1 aromatic carbocycles. The highest BCUT2D eigenvalue weighted by molar-refractivity contribution is 7.91. The zero-order chi connectivity index (χ0) is 24.4. The first-order valence-corrected chi connectivity index (χ1v) is 12.9. The third-order valence-electron chi connectivity index (χ3n) is 6.18. The third-order valence-corrected chi connectivity index (χ3v) is 8.00. The molecule has 2 aliphatic rings.